The Morgan fingerprint density at radius 3 is 2.81 bits per heavy atom. The number of nitrogens with two attached hydrogens (primary N) is 1. The van der Waals surface area contributed by atoms with Crippen LogP contribution in [0.4, 0.5) is 0 Å². The minimum absolute atomic E-state index is 0.0392. The summed E-state index contributed by atoms with van der Waals surface area (Å²) in [6.45, 7) is 0.522. The zero-order chi connectivity index (χ0) is 11.8. The molecular formula is C9H16N2O4S. The lowest BCUT2D eigenvalue weighted by Gasteiger charge is -2.38. The van der Waals surface area contributed by atoms with Crippen molar-refractivity contribution in [2.45, 2.75) is 24.3 Å². The maximum Gasteiger partial charge on any atom is 0.250 e. The third kappa shape index (κ3) is 1.94. The smallest absolute Gasteiger partial charge is 0.250 e. The first kappa shape index (κ1) is 11.8. The molecule has 2 N–H and O–H groups in total. The zero-order valence-corrected chi connectivity index (χ0v) is 9.78. The van der Waals surface area contributed by atoms with Gasteiger partial charge in [0, 0.05) is 6.54 Å². The molecule has 0 spiro atoms. The summed E-state index contributed by atoms with van der Waals surface area (Å²) in [5.41, 5.74) is 5.54. The fourth-order valence-corrected chi connectivity index (χ4v) is 4.31. The molecule has 2 saturated heterocycles. The molecule has 2 aliphatic rings. The Bertz CT molecular complexity index is 381. The van der Waals surface area contributed by atoms with Crippen LogP contribution >= 0.6 is 0 Å². The lowest BCUT2D eigenvalue weighted by atomic mass is 10.2. The zero-order valence-electron chi connectivity index (χ0n) is 8.96. The van der Waals surface area contributed by atoms with Crippen molar-refractivity contribution in [3.8, 4) is 0 Å². The number of carbonyl (C=O) groups excluding carboxylic acids is 1. The van der Waals surface area contributed by atoms with Gasteiger partial charge in [0.2, 0.25) is 5.91 Å². The summed E-state index contributed by atoms with van der Waals surface area (Å²) in [6.07, 6.45) is 1.14. The Morgan fingerprint density at radius 1 is 1.50 bits per heavy atom. The normalized spacial score (nSPS) is 34.3. The van der Waals surface area contributed by atoms with E-state index in [1.807, 2.05) is 0 Å². The van der Waals surface area contributed by atoms with E-state index in [0.29, 0.717) is 19.4 Å². The highest BCUT2D eigenvalue weighted by Gasteiger charge is 2.42. The standard InChI is InChI=1S/C9H16N2O4S/c10-4-7-5-15-6-8(12)11(7)9-2-1-3-16(9,13)14/h7,9H,1-6,10H2. The van der Waals surface area contributed by atoms with Crippen LogP contribution in [0.25, 0.3) is 0 Å². The van der Waals surface area contributed by atoms with Crippen LogP contribution in [-0.4, -0.2) is 56.2 Å². The number of ether oxygens (including phenoxy) is 1. The molecule has 2 aliphatic heterocycles. The lowest BCUT2D eigenvalue weighted by Crippen LogP contribution is -2.57. The first-order chi connectivity index (χ1) is 7.56. The van der Waals surface area contributed by atoms with E-state index in [-0.39, 0.29) is 30.9 Å². The molecule has 0 aromatic carbocycles. The van der Waals surface area contributed by atoms with Gasteiger partial charge in [-0.05, 0) is 12.8 Å². The average Bonchev–Trinajstić information content (AvgIpc) is 2.57. The van der Waals surface area contributed by atoms with Crippen LogP contribution in [0.2, 0.25) is 0 Å². The molecule has 2 atom stereocenters. The first-order valence-electron chi connectivity index (χ1n) is 5.37. The van der Waals surface area contributed by atoms with Gasteiger partial charge in [-0.1, -0.05) is 0 Å². The van der Waals surface area contributed by atoms with E-state index in [9.17, 15) is 13.2 Å². The van der Waals surface area contributed by atoms with Crippen molar-refractivity contribution in [2.24, 2.45) is 5.73 Å². The van der Waals surface area contributed by atoms with Crippen LogP contribution in [0.5, 0.6) is 0 Å². The van der Waals surface area contributed by atoms with Crippen molar-refractivity contribution < 1.29 is 17.9 Å². The molecule has 2 rings (SSSR count). The number of hydrogen-bond acceptors (Lipinski definition) is 5. The quantitative estimate of drug-likeness (QED) is 0.656. The van der Waals surface area contributed by atoms with Crippen molar-refractivity contribution in [3.63, 3.8) is 0 Å². The van der Waals surface area contributed by atoms with Gasteiger partial charge in [0.05, 0.1) is 18.4 Å². The monoisotopic (exact) mass is 248 g/mol. The summed E-state index contributed by atoms with van der Waals surface area (Å²) >= 11 is 0. The number of nitrogens with zero attached hydrogens (tertiary/aromatic N) is 1. The SMILES string of the molecule is NCC1COCC(=O)N1C1CCCS1(=O)=O. The van der Waals surface area contributed by atoms with E-state index in [4.69, 9.17) is 10.5 Å². The molecule has 0 aromatic heterocycles. The highest BCUT2D eigenvalue weighted by molar-refractivity contribution is 7.92. The minimum atomic E-state index is -3.17. The van der Waals surface area contributed by atoms with Crippen molar-refractivity contribution in [1.82, 2.24) is 4.90 Å². The van der Waals surface area contributed by atoms with Gasteiger partial charge in [-0.15, -0.1) is 0 Å². The number of morpholine rings is 1. The van der Waals surface area contributed by atoms with Gasteiger partial charge in [0.1, 0.15) is 12.0 Å². The number of rotatable bonds is 2. The predicted molar refractivity (Wildman–Crippen MR) is 57.3 cm³/mol. The topological polar surface area (TPSA) is 89.7 Å². The van der Waals surface area contributed by atoms with Gasteiger partial charge in [-0.2, -0.15) is 0 Å². The molecule has 0 aromatic rings. The molecule has 2 fully saturated rings. The Kier molecular flexibility index (Phi) is 3.18. The summed E-state index contributed by atoms with van der Waals surface area (Å²) < 4.78 is 28.7. The van der Waals surface area contributed by atoms with E-state index in [2.05, 4.69) is 0 Å². The maximum absolute atomic E-state index is 11.8. The van der Waals surface area contributed by atoms with E-state index < -0.39 is 15.2 Å². The molecule has 0 radical (unpaired) electrons. The van der Waals surface area contributed by atoms with Crippen LogP contribution in [0, 0.1) is 0 Å². The summed E-state index contributed by atoms with van der Waals surface area (Å²) in [4.78, 5) is 13.1. The maximum atomic E-state index is 11.8. The van der Waals surface area contributed by atoms with Crippen LogP contribution < -0.4 is 5.73 Å². The second-order valence-electron chi connectivity index (χ2n) is 4.17. The summed E-state index contributed by atoms with van der Waals surface area (Å²) in [5.74, 6) is -0.100. The largest absolute Gasteiger partial charge is 0.369 e. The molecule has 2 heterocycles. The second-order valence-corrected chi connectivity index (χ2v) is 6.45. The molecule has 0 saturated carbocycles. The van der Waals surface area contributed by atoms with Crippen molar-refractivity contribution >= 4 is 15.7 Å². The molecule has 0 aliphatic carbocycles. The predicted octanol–water partition coefficient (Wildman–Crippen LogP) is -1.29. The van der Waals surface area contributed by atoms with E-state index in [1.54, 1.807) is 0 Å². The molecule has 1 amide bonds. The highest BCUT2D eigenvalue weighted by atomic mass is 32.2. The van der Waals surface area contributed by atoms with Gasteiger partial charge < -0.3 is 15.4 Å². The molecule has 92 valence electrons. The molecule has 0 bridgehead atoms. The summed E-state index contributed by atoms with van der Waals surface area (Å²) in [7, 11) is -3.17. The van der Waals surface area contributed by atoms with Crippen molar-refractivity contribution in [1.29, 1.82) is 0 Å². The van der Waals surface area contributed by atoms with E-state index in [0.717, 1.165) is 0 Å². The van der Waals surface area contributed by atoms with E-state index >= 15 is 0 Å². The van der Waals surface area contributed by atoms with Crippen molar-refractivity contribution in [3.05, 3.63) is 0 Å². The number of amides is 1. The molecule has 6 nitrogen and oxygen atoms in total. The van der Waals surface area contributed by atoms with Gasteiger partial charge >= 0.3 is 0 Å². The molecular weight excluding hydrogens is 232 g/mol. The Morgan fingerprint density at radius 2 is 2.25 bits per heavy atom. The minimum Gasteiger partial charge on any atom is -0.369 e. The summed E-state index contributed by atoms with van der Waals surface area (Å²) in [5, 5.41) is -0.683. The van der Waals surface area contributed by atoms with Crippen LogP contribution in [0.1, 0.15) is 12.8 Å². The Balaban J connectivity index is 2.25. The van der Waals surface area contributed by atoms with Crippen LogP contribution in [-0.2, 0) is 19.4 Å². The first-order valence-corrected chi connectivity index (χ1v) is 7.08. The van der Waals surface area contributed by atoms with Gasteiger partial charge in [0.15, 0.2) is 9.84 Å². The van der Waals surface area contributed by atoms with E-state index in [1.165, 1.54) is 4.90 Å². The average molecular weight is 248 g/mol. The van der Waals surface area contributed by atoms with Crippen molar-refractivity contribution in [2.75, 3.05) is 25.5 Å². The summed E-state index contributed by atoms with van der Waals surface area (Å²) in [6, 6.07) is -0.306. The molecule has 7 heteroatoms. The van der Waals surface area contributed by atoms with Gasteiger partial charge in [0.25, 0.3) is 0 Å². The number of sulfone groups is 1. The third-order valence-corrected chi connectivity index (χ3v) is 5.24. The molecule has 2 unspecified atom stereocenters. The van der Waals surface area contributed by atoms with Crippen LogP contribution in [0.3, 0.4) is 0 Å². The Labute approximate surface area is 94.6 Å². The lowest BCUT2D eigenvalue weighted by molar-refractivity contribution is -0.148. The fourth-order valence-electron chi connectivity index (χ4n) is 2.30. The highest BCUT2D eigenvalue weighted by Crippen LogP contribution is 2.26. The van der Waals surface area contributed by atoms with Gasteiger partial charge in [-0.3, -0.25) is 4.79 Å². The fraction of sp³-hybridized carbons (Fsp3) is 0.889. The second kappa shape index (κ2) is 4.31. The Hall–Kier alpha value is -0.660. The third-order valence-electron chi connectivity index (χ3n) is 3.09. The van der Waals surface area contributed by atoms with Gasteiger partial charge in [-0.25, -0.2) is 8.42 Å². The number of hydrogen-bond donors (Lipinski definition) is 1. The number of carbonyl (C=O) groups is 1. The molecule has 16 heavy (non-hydrogen) atoms. The van der Waals surface area contributed by atoms with Crippen LogP contribution in [0.15, 0.2) is 0 Å².